The Hall–Kier alpha value is -3.94. The second-order valence-corrected chi connectivity index (χ2v) is 8.34. The number of aryl methyl sites for hydroxylation is 1. The van der Waals surface area contributed by atoms with Crippen LogP contribution < -0.4 is 9.64 Å². The maximum atomic E-state index is 13.7. The van der Waals surface area contributed by atoms with Crippen molar-refractivity contribution in [3.05, 3.63) is 71.7 Å². The van der Waals surface area contributed by atoms with E-state index in [1.165, 1.54) is 12.1 Å². The average molecular weight is 461 g/mol. The number of carbonyl (C=O) groups is 1. The molecule has 174 valence electrons. The summed E-state index contributed by atoms with van der Waals surface area (Å²) in [6, 6.07) is 15.8. The number of hydrogen-bond donors (Lipinski definition) is 0. The average Bonchev–Trinajstić information content (AvgIpc) is 3.08. The van der Waals surface area contributed by atoms with Crippen molar-refractivity contribution in [3.63, 3.8) is 0 Å². The van der Waals surface area contributed by atoms with Crippen LogP contribution in [0.4, 0.5) is 10.1 Å². The van der Waals surface area contributed by atoms with E-state index in [1.54, 1.807) is 32.2 Å². The van der Waals surface area contributed by atoms with Crippen LogP contribution in [0, 0.1) is 12.7 Å². The van der Waals surface area contributed by atoms with Gasteiger partial charge in [-0.1, -0.05) is 5.16 Å². The fourth-order valence-corrected chi connectivity index (χ4v) is 4.37. The zero-order valence-electron chi connectivity index (χ0n) is 19.1. The topological polar surface area (TPSA) is 71.7 Å². The summed E-state index contributed by atoms with van der Waals surface area (Å²) in [7, 11) is 1.65. The number of methoxy groups -OCH3 is 1. The van der Waals surface area contributed by atoms with Crippen molar-refractivity contribution in [3.8, 4) is 17.0 Å². The van der Waals surface area contributed by atoms with Gasteiger partial charge in [0.2, 0.25) is 0 Å². The number of rotatable bonds is 4. The Bertz CT molecular complexity index is 1320. The molecule has 2 aromatic heterocycles. The summed E-state index contributed by atoms with van der Waals surface area (Å²) < 4.78 is 24.1. The number of hydrogen-bond acceptors (Lipinski definition) is 6. The summed E-state index contributed by atoms with van der Waals surface area (Å²) >= 11 is 0. The van der Waals surface area contributed by atoms with Crippen molar-refractivity contribution in [1.29, 1.82) is 0 Å². The molecule has 1 saturated heterocycles. The highest BCUT2D eigenvalue weighted by Gasteiger charge is 2.25. The van der Waals surface area contributed by atoms with Crippen molar-refractivity contribution in [1.82, 2.24) is 15.0 Å². The Kier molecular flexibility index (Phi) is 5.88. The molecule has 0 bridgehead atoms. The molecule has 0 saturated carbocycles. The van der Waals surface area contributed by atoms with Crippen LogP contribution in [0.5, 0.6) is 5.75 Å². The van der Waals surface area contributed by atoms with Crippen molar-refractivity contribution in [2.75, 3.05) is 38.2 Å². The van der Waals surface area contributed by atoms with Crippen LogP contribution in [-0.4, -0.2) is 54.2 Å². The molecule has 0 unspecified atom stereocenters. The number of nitrogens with zero attached hydrogens (tertiary/aromatic N) is 4. The summed E-state index contributed by atoms with van der Waals surface area (Å²) in [5, 5.41) is 4.65. The van der Waals surface area contributed by atoms with Crippen LogP contribution in [0.15, 0.2) is 59.1 Å². The van der Waals surface area contributed by atoms with E-state index in [0.717, 1.165) is 30.9 Å². The molecular weight excluding hydrogens is 435 g/mol. The first-order chi connectivity index (χ1) is 16.5. The summed E-state index contributed by atoms with van der Waals surface area (Å²) in [5.41, 5.74) is 3.77. The Morgan fingerprint density at radius 2 is 1.79 bits per heavy atom. The fourth-order valence-electron chi connectivity index (χ4n) is 4.37. The van der Waals surface area contributed by atoms with Crippen molar-refractivity contribution in [2.45, 2.75) is 13.3 Å². The molecule has 1 fully saturated rings. The molecule has 0 spiro atoms. The molecule has 2 aromatic carbocycles. The number of carbonyl (C=O) groups excluding carboxylic acids is 1. The number of ether oxygens (including phenoxy) is 1. The van der Waals surface area contributed by atoms with Gasteiger partial charge in [0.1, 0.15) is 11.6 Å². The minimum atomic E-state index is -0.331. The lowest BCUT2D eigenvalue weighted by Gasteiger charge is -2.24. The van der Waals surface area contributed by atoms with Crippen molar-refractivity contribution < 1.29 is 18.4 Å². The third kappa shape index (κ3) is 4.19. The number of anilines is 1. The molecule has 1 amide bonds. The molecule has 7 nitrogen and oxygen atoms in total. The van der Waals surface area contributed by atoms with Gasteiger partial charge in [0.25, 0.3) is 11.6 Å². The lowest BCUT2D eigenvalue weighted by Crippen LogP contribution is -2.35. The predicted octanol–water partition coefficient (Wildman–Crippen LogP) is 4.70. The SMILES string of the molecule is COc1ccc(N2CCCN(C(=O)c3cc(-c4ccc(F)cc4)nc4onc(C)c34)CC2)cc1. The lowest BCUT2D eigenvalue weighted by molar-refractivity contribution is 0.0769. The van der Waals surface area contributed by atoms with Gasteiger partial charge in [-0.15, -0.1) is 0 Å². The Morgan fingerprint density at radius 1 is 1.03 bits per heavy atom. The lowest BCUT2D eigenvalue weighted by atomic mass is 10.0. The monoisotopic (exact) mass is 460 g/mol. The summed E-state index contributed by atoms with van der Waals surface area (Å²) in [5.74, 6) is 0.402. The number of pyridine rings is 1. The van der Waals surface area contributed by atoms with Crippen molar-refractivity contribution in [2.24, 2.45) is 0 Å². The first kappa shape index (κ1) is 21.9. The Labute approximate surface area is 196 Å². The fraction of sp³-hybridized carbons (Fsp3) is 0.269. The molecule has 0 atom stereocenters. The third-order valence-corrected chi connectivity index (χ3v) is 6.21. The van der Waals surface area contributed by atoms with Crippen LogP contribution in [-0.2, 0) is 0 Å². The van der Waals surface area contributed by atoms with E-state index in [-0.39, 0.29) is 11.7 Å². The molecule has 8 heteroatoms. The summed E-state index contributed by atoms with van der Waals surface area (Å²) in [4.78, 5) is 22.4. The molecule has 34 heavy (non-hydrogen) atoms. The standard InChI is InChI=1S/C26H25FN4O3/c1-17-24-22(16-23(28-25(24)34-29-17)18-4-6-19(27)7-5-18)26(32)31-13-3-12-30(14-15-31)20-8-10-21(33-2)11-9-20/h4-11,16H,3,12-15H2,1-2H3. The van der Waals surface area contributed by atoms with Gasteiger partial charge >= 0.3 is 0 Å². The quantitative estimate of drug-likeness (QED) is 0.440. The van der Waals surface area contributed by atoms with Gasteiger partial charge < -0.3 is 19.1 Å². The Morgan fingerprint density at radius 3 is 2.53 bits per heavy atom. The van der Waals surface area contributed by atoms with Crippen LogP contribution in [0.1, 0.15) is 22.5 Å². The van der Waals surface area contributed by atoms with Crippen LogP contribution in [0.3, 0.4) is 0 Å². The highest BCUT2D eigenvalue weighted by Crippen LogP contribution is 2.29. The summed E-state index contributed by atoms with van der Waals surface area (Å²) in [6.45, 7) is 4.61. The van der Waals surface area contributed by atoms with E-state index in [1.807, 2.05) is 29.2 Å². The van der Waals surface area contributed by atoms with E-state index in [4.69, 9.17) is 9.26 Å². The molecule has 1 aliphatic heterocycles. The number of fused-ring (bicyclic) bond motifs is 1. The second-order valence-electron chi connectivity index (χ2n) is 8.34. The van der Waals surface area contributed by atoms with Crippen LogP contribution >= 0.6 is 0 Å². The van der Waals surface area contributed by atoms with E-state index in [0.29, 0.717) is 46.7 Å². The molecule has 5 rings (SSSR count). The molecular formula is C26H25FN4O3. The Balaban J connectivity index is 1.43. The highest BCUT2D eigenvalue weighted by molar-refractivity contribution is 6.07. The van der Waals surface area contributed by atoms with Gasteiger partial charge in [0, 0.05) is 37.4 Å². The van der Waals surface area contributed by atoms with Gasteiger partial charge in [0.05, 0.1) is 29.4 Å². The predicted molar refractivity (Wildman–Crippen MR) is 128 cm³/mol. The highest BCUT2D eigenvalue weighted by atomic mass is 19.1. The maximum absolute atomic E-state index is 13.7. The molecule has 3 heterocycles. The molecule has 4 aromatic rings. The first-order valence-corrected chi connectivity index (χ1v) is 11.2. The smallest absolute Gasteiger partial charge is 0.259 e. The van der Waals surface area contributed by atoms with Gasteiger partial charge in [-0.2, -0.15) is 0 Å². The van der Waals surface area contributed by atoms with Gasteiger partial charge in [-0.05, 0) is 67.9 Å². The normalized spacial score (nSPS) is 14.3. The van der Waals surface area contributed by atoms with Gasteiger partial charge in [-0.3, -0.25) is 4.79 Å². The number of benzene rings is 2. The second kappa shape index (κ2) is 9.13. The molecule has 0 N–H and O–H groups in total. The van der Waals surface area contributed by atoms with Gasteiger partial charge in [-0.25, -0.2) is 9.37 Å². The molecule has 0 radical (unpaired) electrons. The van der Waals surface area contributed by atoms with Crippen molar-refractivity contribution >= 4 is 22.7 Å². The molecule has 0 aliphatic carbocycles. The first-order valence-electron chi connectivity index (χ1n) is 11.2. The minimum absolute atomic E-state index is 0.0846. The zero-order valence-corrected chi connectivity index (χ0v) is 19.1. The van der Waals surface area contributed by atoms with E-state index in [9.17, 15) is 9.18 Å². The summed E-state index contributed by atoms with van der Waals surface area (Å²) in [6.07, 6.45) is 0.847. The number of aromatic nitrogens is 2. The number of amides is 1. The van der Waals surface area contributed by atoms with Crippen LogP contribution in [0.2, 0.25) is 0 Å². The van der Waals surface area contributed by atoms with E-state index < -0.39 is 0 Å². The number of halogens is 1. The third-order valence-electron chi connectivity index (χ3n) is 6.21. The van der Waals surface area contributed by atoms with Gasteiger partial charge in [0.15, 0.2) is 0 Å². The largest absolute Gasteiger partial charge is 0.497 e. The maximum Gasteiger partial charge on any atom is 0.259 e. The zero-order chi connectivity index (χ0) is 23.7. The minimum Gasteiger partial charge on any atom is -0.497 e. The van der Waals surface area contributed by atoms with Crippen LogP contribution in [0.25, 0.3) is 22.4 Å². The van der Waals surface area contributed by atoms with E-state index in [2.05, 4.69) is 15.0 Å². The van der Waals surface area contributed by atoms with E-state index >= 15 is 0 Å². The molecule has 1 aliphatic rings.